The van der Waals surface area contributed by atoms with Crippen LogP contribution in [0.15, 0.2) is 41.3 Å². The minimum atomic E-state index is -3.68. The van der Waals surface area contributed by atoms with Crippen LogP contribution < -0.4 is 10.1 Å². The average molecular weight is 466 g/mol. The summed E-state index contributed by atoms with van der Waals surface area (Å²) in [6.45, 7) is 6.70. The summed E-state index contributed by atoms with van der Waals surface area (Å²) >= 11 is 6.18. The van der Waals surface area contributed by atoms with E-state index in [1.807, 2.05) is 33.0 Å². The maximum atomic E-state index is 13.0. The van der Waals surface area contributed by atoms with Gasteiger partial charge in [0.15, 0.2) is 0 Å². The molecule has 7 nitrogen and oxygen atoms in total. The van der Waals surface area contributed by atoms with Crippen LogP contribution in [0, 0.1) is 13.8 Å². The molecule has 0 aromatic heterocycles. The highest BCUT2D eigenvalue weighted by Gasteiger charge is 2.28. The quantitative estimate of drug-likeness (QED) is 0.636. The van der Waals surface area contributed by atoms with Crippen molar-refractivity contribution < 1.29 is 17.9 Å². The zero-order valence-corrected chi connectivity index (χ0v) is 19.6. The second kappa shape index (κ2) is 9.99. The Hall–Kier alpha value is -2.13. The van der Waals surface area contributed by atoms with Crippen LogP contribution in [0.3, 0.4) is 0 Å². The molecule has 0 saturated carbocycles. The van der Waals surface area contributed by atoms with E-state index in [1.165, 1.54) is 22.5 Å². The van der Waals surface area contributed by atoms with Crippen LogP contribution in [0.25, 0.3) is 0 Å². The van der Waals surface area contributed by atoms with Crippen LogP contribution in [-0.2, 0) is 10.0 Å². The monoisotopic (exact) mass is 465 g/mol. The lowest BCUT2D eigenvalue weighted by Gasteiger charge is -2.31. The largest absolute Gasteiger partial charge is 0.492 e. The topological polar surface area (TPSA) is 78.9 Å². The van der Waals surface area contributed by atoms with Gasteiger partial charge in [-0.05, 0) is 62.4 Å². The number of sulfonamides is 1. The van der Waals surface area contributed by atoms with Crippen molar-refractivity contribution in [2.45, 2.75) is 18.7 Å². The maximum absolute atomic E-state index is 13.0. The van der Waals surface area contributed by atoms with Crippen LogP contribution in [0.2, 0.25) is 5.02 Å². The first-order valence-electron chi connectivity index (χ1n) is 10.1. The molecule has 1 saturated heterocycles. The zero-order chi connectivity index (χ0) is 22.6. The van der Waals surface area contributed by atoms with E-state index in [-0.39, 0.29) is 28.6 Å². The fraction of sp³-hybridized carbons (Fsp3) is 0.409. The van der Waals surface area contributed by atoms with E-state index >= 15 is 0 Å². The number of carbonyl (C=O) groups excluding carboxylic acids is 1. The first-order valence-corrected chi connectivity index (χ1v) is 12.0. The number of carbonyl (C=O) groups is 1. The summed E-state index contributed by atoms with van der Waals surface area (Å²) in [5.74, 6) is 0.300. The molecule has 0 unspecified atom stereocenters. The van der Waals surface area contributed by atoms with Crippen LogP contribution in [-0.4, -0.2) is 69.9 Å². The van der Waals surface area contributed by atoms with Crippen molar-refractivity contribution in [2.75, 3.05) is 46.4 Å². The molecule has 1 N–H and O–H groups in total. The highest BCUT2D eigenvalue weighted by molar-refractivity contribution is 7.89. The fourth-order valence-corrected chi connectivity index (χ4v) is 5.11. The lowest BCUT2D eigenvalue weighted by Crippen LogP contribution is -2.47. The third-order valence-corrected chi connectivity index (χ3v) is 7.36. The molecular formula is C22H28ClN3O4S. The molecule has 0 radical (unpaired) electrons. The van der Waals surface area contributed by atoms with Gasteiger partial charge in [-0.2, -0.15) is 4.31 Å². The van der Waals surface area contributed by atoms with E-state index in [1.54, 1.807) is 0 Å². The van der Waals surface area contributed by atoms with Crippen LogP contribution >= 0.6 is 11.6 Å². The van der Waals surface area contributed by atoms with Gasteiger partial charge in [-0.25, -0.2) is 8.42 Å². The van der Waals surface area contributed by atoms with E-state index in [0.29, 0.717) is 26.2 Å². The molecule has 2 aromatic rings. The van der Waals surface area contributed by atoms with E-state index in [2.05, 4.69) is 16.3 Å². The molecule has 0 spiro atoms. The summed E-state index contributed by atoms with van der Waals surface area (Å²) in [5, 5.41) is 2.94. The molecule has 0 atom stereocenters. The van der Waals surface area contributed by atoms with Gasteiger partial charge in [0.05, 0.1) is 22.0 Å². The molecule has 1 aliphatic rings. The molecule has 2 aromatic carbocycles. The Labute approximate surface area is 189 Å². The zero-order valence-electron chi connectivity index (χ0n) is 18.0. The van der Waals surface area contributed by atoms with Gasteiger partial charge in [-0.15, -0.1) is 0 Å². The number of ether oxygens (including phenoxy) is 1. The minimum absolute atomic E-state index is 0.0677. The second-order valence-corrected chi connectivity index (χ2v) is 10.1. The molecule has 0 aliphatic carbocycles. The molecular weight excluding hydrogens is 438 g/mol. The Bertz CT molecular complexity index is 1030. The van der Waals surface area contributed by atoms with Gasteiger partial charge in [-0.3, -0.25) is 4.79 Å². The molecule has 1 aliphatic heterocycles. The molecule has 3 rings (SSSR count). The SMILES string of the molecule is Cc1cc(C)cc(OCCNC(=O)c2cc(S(=O)(=O)N3CCN(C)CC3)ccc2Cl)c1. The van der Waals surface area contributed by atoms with Crippen molar-refractivity contribution in [3.8, 4) is 5.75 Å². The molecule has 1 amide bonds. The summed E-state index contributed by atoms with van der Waals surface area (Å²) in [7, 11) is -1.73. The average Bonchev–Trinajstić information content (AvgIpc) is 2.71. The second-order valence-electron chi connectivity index (χ2n) is 7.78. The van der Waals surface area contributed by atoms with Crippen LogP contribution in [0.5, 0.6) is 5.75 Å². The lowest BCUT2D eigenvalue weighted by molar-refractivity contribution is 0.0947. The van der Waals surface area contributed by atoms with Gasteiger partial charge in [0.2, 0.25) is 10.0 Å². The Morgan fingerprint density at radius 3 is 2.35 bits per heavy atom. The van der Waals surface area contributed by atoms with Crippen molar-refractivity contribution in [1.29, 1.82) is 0 Å². The number of rotatable bonds is 7. The molecule has 1 fully saturated rings. The number of aryl methyl sites for hydroxylation is 2. The number of halogens is 1. The number of hydrogen-bond donors (Lipinski definition) is 1. The number of amides is 1. The maximum Gasteiger partial charge on any atom is 0.252 e. The Kier molecular flexibility index (Phi) is 7.59. The first kappa shape index (κ1) is 23.5. The minimum Gasteiger partial charge on any atom is -0.492 e. The third kappa shape index (κ3) is 5.98. The predicted molar refractivity (Wildman–Crippen MR) is 121 cm³/mol. The van der Waals surface area contributed by atoms with Gasteiger partial charge < -0.3 is 15.0 Å². The van der Waals surface area contributed by atoms with Crippen molar-refractivity contribution in [2.24, 2.45) is 0 Å². The van der Waals surface area contributed by atoms with E-state index < -0.39 is 15.9 Å². The summed E-state index contributed by atoms with van der Waals surface area (Å²) in [6.07, 6.45) is 0. The van der Waals surface area contributed by atoms with E-state index in [0.717, 1.165) is 16.9 Å². The predicted octanol–water partition coefficient (Wildman–Crippen LogP) is 2.70. The highest BCUT2D eigenvalue weighted by Crippen LogP contribution is 2.24. The van der Waals surface area contributed by atoms with E-state index in [9.17, 15) is 13.2 Å². The number of hydrogen-bond acceptors (Lipinski definition) is 5. The van der Waals surface area contributed by atoms with Crippen molar-refractivity contribution in [3.63, 3.8) is 0 Å². The number of nitrogens with one attached hydrogen (secondary N) is 1. The first-order chi connectivity index (χ1) is 14.7. The van der Waals surface area contributed by atoms with Gasteiger partial charge in [0.25, 0.3) is 5.91 Å². The molecule has 1 heterocycles. The summed E-state index contributed by atoms with van der Waals surface area (Å²) in [6, 6.07) is 10.1. The summed E-state index contributed by atoms with van der Waals surface area (Å²) in [4.78, 5) is 14.8. The number of nitrogens with zero attached hydrogens (tertiary/aromatic N) is 2. The lowest BCUT2D eigenvalue weighted by atomic mass is 10.1. The van der Waals surface area contributed by atoms with Gasteiger partial charge in [0, 0.05) is 26.2 Å². The van der Waals surface area contributed by atoms with Crippen LogP contribution in [0.4, 0.5) is 0 Å². The van der Waals surface area contributed by atoms with Gasteiger partial charge in [0.1, 0.15) is 12.4 Å². The van der Waals surface area contributed by atoms with Crippen LogP contribution in [0.1, 0.15) is 21.5 Å². The summed E-state index contributed by atoms with van der Waals surface area (Å²) in [5.41, 5.74) is 2.33. The Balaban J connectivity index is 1.63. The van der Waals surface area contributed by atoms with E-state index in [4.69, 9.17) is 16.3 Å². The third-order valence-electron chi connectivity index (χ3n) is 5.13. The number of benzene rings is 2. The van der Waals surface area contributed by atoms with Gasteiger partial charge in [-0.1, -0.05) is 17.7 Å². The Morgan fingerprint density at radius 2 is 1.71 bits per heavy atom. The Morgan fingerprint density at radius 1 is 1.06 bits per heavy atom. The molecule has 168 valence electrons. The van der Waals surface area contributed by atoms with Crippen molar-refractivity contribution in [3.05, 3.63) is 58.1 Å². The normalized spacial score (nSPS) is 15.6. The fourth-order valence-electron chi connectivity index (χ4n) is 3.46. The number of piperazine rings is 1. The van der Waals surface area contributed by atoms with Crippen molar-refractivity contribution >= 4 is 27.5 Å². The van der Waals surface area contributed by atoms with Crippen molar-refractivity contribution in [1.82, 2.24) is 14.5 Å². The number of likely N-dealkylation sites (N-methyl/N-ethyl adjacent to an activating group) is 1. The smallest absolute Gasteiger partial charge is 0.252 e. The molecule has 9 heteroatoms. The standard InChI is InChI=1S/C22H28ClN3O4S/c1-16-12-17(2)14-18(13-16)30-11-6-24-22(27)20-15-19(4-5-21(20)23)31(28,29)26-9-7-25(3)8-10-26/h4-5,12-15H,6-11H2,1-3H3,(H,24,27). The molecule has 0 bridgehead atoms. The highest BCUT2D eigenvalue weighted by atomic mass is 35.5. The summed E-state index contributed by atoms with van der Waals surface area (Å²) < 4.78 is 33.1. The van der Waals surface area contributed by atoms with Gasteiger partial charge >= 0.3 is 0 Å². The molecule has 31 heavy (non-hydrogen) atoms.